The molecule has 138 valence electrons. The molecule has 2 amide bonds. The number of carbonyl (C=O) groups excluding carboxylic acids is 3. The van der Waals surface area contributed by atoms with E-state index >= 15 is 0 Å². The molecule has 10 heteroatoms. The van der Waals surface area contributed by atoms with E-state index in [1.165, 1.54) is 33.3 Å². The standard InChI is InChI=1S/C16H16N2O8/c1-9(16(21)26-17-14(19)4-5-15(17)20)6-10-7-12(24-2)13(25-3)8-11(10)18(22)23/h6-8H,4-5H2,1-3H3/b9-6+. The molecule has 1 aliphatic rings. The summed E-state index contributed by atoms with van der Waals surface area (Å²) in [5.41, 5.74) is -0.294. The molecule has 0 unspecified atom stereocenters. The highest BCUT2D eigenvalue weighted by molar-refractivity contribution is 6.03. The molecule has 0 aliphatic carbocycles. The average Bonchev–Trinajstić information content (AvgIpc) is 2.92. The van der Waals surface area contributed by atoms with Crippen LogP contribution in [0.25, 0.3) is 6.08 Å². The number of rotatable bonds is 6. The Morgan fingerprint density at radius 2 is 1.69 bits per heavy atom. The molecule has 1 aliphatic heterocycles. The maximum Gasteiger partial charge on any atom is 0.359 e. The molecule has 2 rings (SSSR count). The molecule has 10 nitrogen and oxygen atoms in total. The molecule has 0 spiro atoms. The summed E-state index contributed by atoms with van der Waals surface area (Å²) >= 11 is 0. The zero-order valence-electron chi connectivity index (χ0n) is 14.3. The van der Waals surface area contributed by atoms with Crippen LogP contribution in [0.5, 0.6) is 11.5 Å². The summed E-state index contributed by atoms with van der Waals surface area (Å²) in [6.45, 7) is 1.34. The number of methoxy groups -OCH3 is 2. The molecule has 0 saturated carbocycles. The van der Waals surface area contributed by atoms with E-state index in [9.17, 15) is 24.5 Å². The average molecular weight is 364 g/mol. The fraction of sp³-hybridized carbons (Fsp3) is 0.312. The van der Waals surface area contributed by atoms with E-state index in [2.05, 4.69) is 0 Å². The van der Waals surface area contributed by atoms with Crippen molar-refractivity contribution >= 4 is 29.5 Å². The SMILES string of the molecule is COc1cc(/C=C(\C)C(=O)ON2C(=O)CCC2=O)c([N+](=O)[O-])cc1OC. The molecule has 0 radical (unpaired) electrons. The van der Waals surface area contributed by atoms with Crippen LogP contribution in [0, 0.1) is 10.1 Å². The van der Waals surface area contributed by atoms with Gasteiger partial charge in [0.15, 0.2) is 11.5 Å². The maximum absolute atomic E-state index is 12.1. The predicted octanol–water partition coefficient (Wildman–Crippen LogP) is 1.62. The zero-order valence-corrected chi connectivity index (χ0v) is 14.3. The first-order chi connectivity index (χ1) is 12.3. The number of hydrogen-bond acceptors (Lipinski definition) is 8. The van der Waals surface area contributed by atoms with Crippen LogP contribution in [0.2, 0.25) is 0 Å². The summed E-state index contributed by atoms with van der Waals surface area (Å²) in [6, 6.07) is 2.50. The van der Waals surface area contributed by atoms with Crippen LogP contribution >= 0.6 is 0 Å². The van der Waals surface area contributed by atoms with E-state index in [4.69, 9.17) is 14.3 Å². The van der Waals surface area contributed by atoms with E-state index in [1.807, 2.05) is 0 Å². The van der Waals surface area contributed by atoms with E-state index < -0.39 is 22.7 Å². The van der Waals surface area contributed by atoms with Crippen molar-refractivity contribution in [1.82, 2.24) is 5.06 Å². The fourth-order valence-corrected chi connectivity index (χ4v) is 2.26. The van der Waals surface area contributed by atoms with E-state index in [0.717, 1.165) is 6.07 Å². The number of amides is 2. The van der Waals surface area contributed by atoms with Crippen LogP contribution < -0.4 is 9.47 Å². The third-order valence-electron chi connectivity index (χ3n) is 3.60. The molecule has 1 fully saturated rings. The minimum atomic E-state index is -0.974. The Morgan fingerprint density at radius 1 is 1.15 bits per heavy atom. The number of hydroxylamine groups is 2. The van der Waals surface area contributed by atoms with Crippen molar-refractivity contribution < 1.29 is 33.6 Å². The largest absolute Gasteiger partial charge is 0.493 e. The second-order valence-corrected chi connectivity index (χ2v) is 5.31. The van der Waals surface area contributed by atoms with Gasteiger partial charge in [0.05, 0.1) is 30.8 Å². The third kappa shape index (κ3) is 3.79. The molecule has 1 aromatic carbocycles. The summed E-state index contributed by atoms with van der Waals surface area (Å²) in [7, 11) is 2.70. The highest BCUT2D eigenvalue weighted by Crippen LogP contribution is 2.35. The zero-order chi connectivity index (χ0) is 19.4. The second kappa shape index (κ2) is 7.64. The summed E-state index contributed by atoms with van der Waals surface area (Å²) in [6.07, 6.45) is 1.14. The number of hydrogen-bond donors (Lipinski definition) is 0. The summed E-state index contributed by atoms with van der Waals surface area (Å²) in [5, 5.41) is 11.7. The normalized spacial score (nSPS) is 14.4. The number of nitro groups is 1. The Bertz CT molecular complexity index is 799. The number of benzene rings is 1. The Balaban J connectivity index is 2.34. The van der Waals surface area contributed by atoms with Crippen molar-refractivity contribution in [2.45, 2.75) is 19.8 Å². The number of imide groups is 1. The van der Waals surface area contributed by atoms with Crippen molar-refractivity contribution in [2.24, 2.45) is 0 Å². The highest BCUT2D eigenvalue weighted by Gasteiger charge is 2.33. The van der Waals surface area contributed by atoms with E-state index in [-0.39, 0.29) is 41.2 Å². The van der Waals surface area contributed by atoms with Gasteiger partial charge in [0.1, 0.15) is 0 Å². The number of nitrogens with zero attached hydrogens (tertiary/aromatic N) is 2. The number of ether oxygens (including phenoxy) is 2. The first-order valence-electron chi connectivity index (χ1n) is 7.45. The molecule has 1 saturated heterocycles. The minimum absolute atomic E-state index is 0.0317. The Hall–Kier alpha value is -3.43. The van der Waals surface area contributed by atoms with Gasteiger partial charge in [-0.1, -0.05) is 0 Å². The number of nitro benzene ring substituents is 1. The van der Waals surface area contributed by atoms with Crippen LogP contribution in [0.15, 0.2) is 17.7 Å². The molecule has 0 aromatic heterocycles. The second-order valence-electron chi connectivity index (χ2n) is 5.31. The quantitative estimate of drug-likeness (QED) is 0.323. The minimum Gasteiger partial charge on any atom is -0.493 e. The lowest BCUT2D eigenvalue weighted by Crippen LogP contribution is -2.32. The van der Waals surface area contributed by atoms with Gasteiger partial charge in [-0.25, -0.2) is 4.79 Å². The van der Waals surface area contributed by atoms with Crippen molar-refractivity contribution in [3.63, 3.8) is 0 Å². The lowest BCUT2D eigenvalue weighted by molar-refractivity contribution is -0.385. The molecule has 0 N–H and O–H groups in total. The van der Waals surface area contributed by atoms with E-state index in [0.29, 0.717) is 5.06 Å². The van der Waals surface area contributed by atoms with Gasteiger partial charge in [-0.15, -0.1) is 5.06 Å². The van der Waals surface area contributed by atoms with Gasteiger partial charge in [0.25, 0.3) is 17.5 Å². The predicted molar refractivity (Wildman–Crippen MR) is 87.0 cm³/mol. The van der Waals surface area contributed by atoms with Gasteiger partial charge in [-0.2, -0.15) is 0 Å². The maximum atomic E-state index is 12.1. The highest BCUT2D eigenvalue weighted by atomic mass is 16.7. The topological polar surface area (TPSA) is 125 Å². The van der Waals surface area contributed by atoms with Gasteiger partial charge < -0.3 is 14.3 Å². The molecule has 0 atom stereocenters. The molecular weight excluding hydrogens is 348 g/mol. The van der Waals surface area contributed by atoms with Gasteiger partial charge in [-0.3, -0.25) is 19.7 Å². The Kier molecular flexibility index (Phi) is 5.55. The van der Waals surface area contributed by atoms with Crippen LogP contribution in [-0.2, 0) is 19.2 Å². The summed E-state index contributed by atoms with van der Waals surface area (Å²) in [5.74, 6) is -1.82. The number of carbonyl (C=O) groups is 3. The Morgan fingerprint density at radius 3 is 2.19 bits per heavy atom. The summed E-state index contributed by atoms with van der Waals surface area (Å²) in [4.78, 5) is 50.5. The van der Waals surface area contributed by atoms with Crippen molar-refractivity contribution in [2.75, 3.05) is 14.2 Å². The smallest absolute Gasteiger partial charge is 0.359 e. The molecular formula is C16H16N2O8. The first kappa shape index (κ1) is 18.9. The van der Waals surface area contributed by atoms with Crippen LogP contribution in [0.3, 0.4) is 0 Å². The van der Waals surface area contributed by atoms with Gasteiger partial charge in [0.2, 0.25) is 0 Å². The monoisotopic (exact) mass is 364 g/mol. The lowest BCUT2D eigenvalue weighted by Gasteiger charge is -2.13. The van der Waals surface area contributed by atoms with Crippen molar-refractivity contribution in [1.29, 1.82) is 0 Å². The van der Waals surface area contributed by atoms with Gasteiger partial charge >= 0.3 is 5.97 Å². The van der Waals surface area contributed by atoms with Crippen LogP contribution in [0.1, 0.15) is 25.3 Å². The van der Waals surface area contributed by atoms with Crippen LogP contribution in [-0.4, -0.2) is 42.0 Å². The van der Waals surface area contributed by atoms with Crippen molar-refractivity contribution in [3.05, 3.63) is 33.4 Å². The molecule has 0 bridgehead atoms. The van der Waals surface area contributed by atoms with Gasteiger partial charge in [0, 0.05) is 18.4 Å². The third-order valence-corrected chi connectivity index (χ3v) is 3.60. The molecule has 26 heavy (non-hydrogen) atoms. The Labute approximate surface area is 148 Å². The van der Waals surface area contributed by atoms with E-state index in [1.54, 1.807) is 0 Å². The molecule has 1 heterocycles. The van der Waals surface area contributed by atoms with Crippen molar-refractivity contribution in [3.8, 4) is 11.5 Å². The van der Waals surface area contributed by atoms with Crippen LogP contribution in [0.4, 0.5) is 5.69 Å². The first-order valence-corrected chi connectivity index (χ1v) is 7.45. The van der Waals surface area contributed by atoms with Gasteiger partial charge in [-0.05, 0) is 19.1 Å². The summed E-state index contributed by atoms with van der Waals surface area (Å²) < 4.78 is 10.1. The molecule has 1 aromatic rings. The fourth-order valence-electron chi connectivity index (χ4n) is 2.26. The lowest BCUT2D eigenvalue weighted by atomic mass is 10.1.